The van der Waals surface area contributed by atoms with Crippen LogP contribution in [-0.2, 0) is 17.6 Å². The number of amides is 1. The highest BCUT2D eigenvalue weighted by molar-refractivity contribution is 6.30. The Kier molecular flexibility index (Phi) is 7.14. The van der Waals surface area contributed by atoms with Gasteiger partial charge in [-0.05, 0) is 65.1 Å². The summed E-state index contributed by atoms with van der Waals surface area (Å²) < 4.78 is 0. The van der Waals surface area contributed by atoms with E-state index in [-0.39, 0.29) is 17.9 Å². The molecule has 0 unspecified atom stereocenters. The first-order valence-electron chi connectivity index (χ1n) is 10.8. The summed E-state index contributed by atoms with van der Waals surface area (Å²) in [6.45, 7) is 2.07. The van der Waals surface area contributed by atoms with Crippen LogP contribution in [0.5, 0.6) is 0 Å². The van der Waals surface area contributed by atoms with E-state index in [1.165, 1.54) is 5.56 Å². The first kappa shape index (κ1) is 22.4. The van der Waals surface area contributed by atoms with Crippen molar-refractivity contribution in [2.75, 3.05) is 0 Å². The lowest BCUT2D eigenvalue weighted by atomic mass is 9.86. The van der Waals surface area contributed by atoms with Crippen molar-refractivity contribution >= 4 is 39.9 Å². The Morgan fingerprint density at radius 2 is 1.44 bits per heavy atom. The third-order valence-corrected chi connectivity index (χ3v) is 6.39. The van der Waals surface area contributed by atoms with Crippen LogP contribution in [0.15, 0.2) is 91.0 Å². The van der Waals surface area contributed by atoms with Gasteiger partial charge in [0.1, 0.15) is 0 Å². The van der Waals surface area contributed by atoms with Crippen LogP contribution < -0.4 is 5.32 Å². The molecule has 0 bridgehead atoms. The average Bonchev–Trinajstić information content (AvgIpc) is 2.79. The lowest BCUT2D eigenvalue weighted by molar-refractivity contribution is -0.121. The molecule has 4 aromatic rings. The summed E-state index contributed by atoms with van der Waals surface area (Å²) >= 11 is 12.2. The molecule has 4 heteroatoms. The predicted octanol–water partition coefficient (Wildman–Crippen LogP) is 7.22. The third-order valence-electron chi connectivity index (χ3n) is 5.89. The van der Waals surface area contributed by atoms with Crippen molar-refractivity contribution in [3.05, 3.63) is 118 Å². The van der Waals surface area contributed by atoms with E-state index in [1.807, 2.05) is 72.8 Å². The van der Waals surface area contributed by atoms with Crippen LogP contribution in [0.2, 0.25) is 10.0 Å². The fourth-order valence-corrected chi connectivity index (χ4v) is 4.44. The summed E-state index contributed by atoms with van der Waals surface area (Å²) in [5.41, 5.74) is 3.35. The minimum atomic E-state index is -0.0608. The molecular formula is C28H25Cl2NO. The van der Waals surface area contributed by atoms with E-state index < -0.39 is 0 Å². The molecule has 2 atom stereocenters. The van der Waals surface area contributed by atoms with E-state index in [9.17, 15) is 4.79 Å². The van der Waals surface area contributed by atoms with Gasteiger partial charge in [0.15, 0.2) is 0 Å². The van der Waals surface area contributed by atoms with Gasteiger partial charge in [-0.2, -0.15) is 0 Å². The summed E-state index contributed by atoms with van der Waals surface area (Å²) in [5, 5.41) is 6.92. The number of nitrogens with one attached hydrogen (secondary N) is 1. The van der Waals surface area contributed by atoms with Crippen LogP contribution >= 0.6 is 23.2 Å². The zero-order valence-corrected chi connectivity index (χ0v) is 19.4. The third kappa shape index (κ3) is 5.51. The quantitative estimate of drug-likeness (QED) is 0.309. The summed E-state index contributed by atoms with van der Waals surface area (Å²) in [6, 6.07) is 30.0. The molecule has 2 nitrogen and oxygen atoms in total. The normalized spacial score (nSPS) is 13.0. The second kappa shape index (κ2) is 10.2. The van der Waals surface area contributed by atoms with Gasteiger partial charge in [-0.15, -0.1) is 0 Å². The fraction of sp³-hybridized carbons (Fsp3) is 0.179. The van der Waals surface area contributed by atoms with Crippen molar-refractivity contribution in [2.24, 2.45) is 0 Å². The molecule has 0 aliphatic rings. The lowest BCUT2D eigenvalue weighted by Gasteiger charge is -2.26. The number of carbonyl (C=O) groups is 1. The zero-order valence-electron chi connectivity index (χ0n) is 17.9. The number of rotatable bonds is 7. The highest BCUT2D eigenvalue weighted by Crippen LogP contribution is 2.27. The van der Waals surface area contributed by atoms with Gasteiger partial charge in [0, 0.05) is 22.0 Å². The molecule has 0 saturated carbocycles. The second-order valence-corrected chi connectivity index (χ2v) is 9.03. The first-order valence-corrected chi connectivity index (χ1v) is 11.5. The molecule has 4 aromatic carbocycles. The summed E-state index contributed by atoms with van der Waals surface area (Å²) in [6.07, 6.45) is 1.13. The van der Waals surface area contributed by atoms with Crippen LogP contribution in [0.3, 0.4) is 0 Å². The minimum absolute atomic E-state index is 0.0175. The standard InChI is InChI=1S/C28H25Cl2NO/c1-19(31-28(32)18-23-7-4-6-21-5-2-3-8-26(21)23)27(22-11-15-25(30)16-12-22)17-20-9-13-24(29)14-10-20/h2-16,19,27H,17-18H2,1H3,(H,31,32)/t19-,27+/m1/s1. The highest BCUT2D eigenvalue weighted by Gasteiger charge is 2.22. The first-order chi connectivity index (χ1) is 15.5. The number of hydrogen-bond donors (Lipinski definition) is 1. The topological polar surface area (TPSA) is 29.1 Å². The Morgan fingerprint density at radius 3 is 2.16 bits per heavy atom. The van der Waals surface area contributed by atoms with Crippen LogP contribution in [-0.4, -0.2) is 11.9 Å². The van der Waals surface area contributed by atoms with Crippen LogP contribution in [0.25, 0.3) is 10.8 Å². The minimum Gasteiger partial charge on any atom is -0.353 e. The molecule has 162 valence electrons. The molecular weight excluding hydrogens is 437 g/mol. The smallest absolute Gasteiger partial charge is 0.224 e. The van der Waals surface area contributed by atoms with Crippen LogP contribution in [0, 0.1) is 0 Å². The lowest BCUT2D eigenvalue weighted by Crippen LogP contribution is -2.38. The van der Waals surface area contributed by atoms with Gasteiger partial charge in [0.2, 0.25) is 5.91 Å². The van der Waals surface area contributed by atoms with Crippen molar-refractivity contribution in [1.82, 2.24) is 5.32 Å². The maximum absolute atomic E-state index is 13.0. The van der Waals surface area contributed by atoms with Gasteiger partial charge < -0.3 is 5.32 Å². The van der Waals surface area contributed by atoms with Crippen molar-refractivity contribution < 1.29 is 4.79 Å². The van der Waals surface area contributed by atoms with Crippen LogP contribution in [0.1, 0.15) is 29.5 Å². The molecule has 0 aliphatic heterocycles. The zero-order chi connectivity index (χ0) is 22.5. The van der Waals surface area contributed by atoms with E-state index in [0.717, 1.165) is 28.3 Å². The average molecular weight is 462 g/mol. The Labute approximate surface area is 199 Å². The number of halogens is 2. The van der Waals surface area contributed by atoms with E-state index in [2.05, 4.69) is 30.4 Å². The molecule has 1 amide bonds. The van der Waals surface area contributed by atoms with E-state index in [4.69, 9.17) is 23.2 Å². The van der Waals surface area contributed by atoms with Gasteiger partial charge >= 0.3 is 0 Å². The number of benzene rings is 4. The summed E-state index contributed by atoms with van der Waals surface area (Å²) in [4.78, 5) is 13.0. The molecule has 0 radical (unpaired) electrons. The molecule has 0 aliphatic carbocycles. The molecule has 0 fully saturated rings. The molecule has 4 rings (SSSR count). The second-order valence-electron chi connectivity index (χ2n) is 8.16. The molecule has 0 aromatic heterocycles. The summed E-state index contributed by atoms with van der Waals surface area (Å²) in [7, 11) is 0. The van der Waals surface area contributed by atoms with Crippen LogP contribution in [0.4, 0.5) is 0 Å². The van der Waals surface area contributed by atoms with E-state index in [1.54, 1.807) is 0 Å². The summed E-state index contributed by atoms with van der Waals surface area (Å²) in [5.74, 6) is 0.119. The number of fused-ring (bicyclic) bond motifs is 1. The predicted molar refractivity (Wildman–Crippen MR) is 135 cm³/mol. The SMILES string of the molecule is C[C@@H](NC(=O)Cc1cccc2ccccc12)[C@H](Cc1ccc(Cl)cc1)c1ccc(Cl)cc1. The van der Waals surface area contributed by atoms with Crippen molar-refractivity contribution in [3.63, 3.8) is 0 Å². The molecule has 1 N–H and O–H groups in total. The van der Waals surface area contributed by atoms with Crippen molar-refractivity contribution in [3.8, 4) is 0 Å². The van der Waals surface area contributed by atoms with E-state index in [0.29, 0.717) is 16.5 Å². The Balaban J connectivity index is 1.53. The van der Waals surface area contributed by atoms with Gasteiger partial charge in [0.05, 0.1) is 6.42 Å². The molecule has 0 saturated heterocycles. The van der Waals surface area contributed by atoms with Gasteiger partial charge in [-0.25, -0.2) is 0 Å². The molecule has 0 spiro atoms. The Hall–Kier alpha value is -2.81. The molecule has 32 heavy (non-hydrogen) atoms. The highest BCUT2D eigenvalue weighted by atomic mass is 35.5. The maximum atomic E-state index is 13.0. The van der Waals surface area contributed by atoms with Gasteiger partial charge in [-0.3, -0.25) is 4.79 Å². The Bertz CT molecular complexity index is 1200. The number of carbonyl (C=O) groups excluding carboxylic acids is 1. The van der Waals surface area contributed by atoms with Crippen molar-refractivity contribution in [2.45, 2.75) is 31.7 Å². The van der Waals surface area contributed by atoms with Gasteiger partial charge in [0.25, 0.3) is 0 Å². The maximum Gasteiger partial charge on any atom is 0.224 e. The molecule has 0 heterocycles. The van der Waals surface area contributed by atoms with E-state index >= 15 is 0 Å². The van der Waals surface area contributed by atoms with Gasteiger partial charge in [-0.1, -0.05) is 89.9 Å². The monoisotopic (exact) mass is 461 g/mol. The Morgan fingerprint density at radius 1 is 0.812 bits per heavy atom. The number of hydrogen-bond acceptors (Lipinski definition) is 1. The largest absolute Gasteiger partial charge is 0.353 e. The van der Waals surface area contributed by atoms with Crippen molar-refractivity contribution in [1.29, 1.82) is 0 Å². The fourth-order valence-electron chi connectivity index (χ4n) is 4.19.